The van der Waals surface area contributed by atoms with Crippen LogP contribution in [0.3, 0.4) is 0 Å². The van der Waals surface area contributed by atoms with Crippen molar-refractivity contribution < 1.29 is 4.42 Å². The topological polar surface area (TPSA) is 16.4 Å². The fourth-order valence-electron chi connectivity index (χ4n) is 10.8. The Morgan fingerprint density at radius 3 is 1.69 bits per heavy atom. The molecule has 62 heavy (non-hydrogen) atoms. The Morgan fingerprint density at radius 2 is 0.903 bits per heavy atom. The van der Waals surface area contributed by atoms with Crippen LogP contribution in [-0.4, -0.2) is 0 Å². The average Bonchev–Trinajstić information content (AvgIpc) is 3.89. The van der Waals surface area contributed by atoms with Crippen LogP contribution in [0.25, 0.3) is 77.6 Å². The van der Waals surface area contributed by atoms with E-state index in [1.54, 1.807) is 0 Å². The Balaban J connectivity index is 1.14. The van der Waals surface area contributed by atoms with Crippen LogP contribution in [0.5, 0.6) is 0 Å². The van der Waals surface area contributed by atoms with Crippen LogP contribution in [0.15, 0.2) is 205 Å². The summed E-state index contributed by atoms with van der Waals surface area (Å²) in [4.78, 5) is 2.53. The molecule has 0 saturated heterocycles. The first-order valence-electron chi connectivity index (χ1n) is 21.8. The lowest BCUT2D eigenvalue weighted by Crippen LogP contribution is -2.18. The summed E-state index contributed by atoms with van der Waals surface area (Å²) in [5.41, 5.74) is 22.5. The fourth-order valence-corrected chi connectivity index (χ4v) is 10.8. The highest BCUT2D eigenvalue weighted by molar-refractivity contribution is 6.14. The third-order valence-electron chi connectivity index (χ3n) is 13.9. The molecule has 2 aliphatic carbocycles. The fraction of sp³-hybridized carbons (Fsp3) is 0.100. The Bertz CT molecular complexity index is 3410. The van der Waals surface area contributed by atoms with E-state index in [9.17, 15) is 0 Å². The molecule has 1 aromatic heterocycles. The van der Waals surface area contributed by atoms with Gasteiger partial charge in [-0.05, 0) is 115 Å². The normalized spacial score (nSPS) is 14.1. The molecular weight excluding hydrogens is 751 g/mol. The highest BCUT2D eigenvalue weighted by Gasteiger charge is 2.39. The summed E-state index contributed by atoms with van der Waals surface area (Å²) in [6, 6.07) is 73.7. The van der Waals surface area contributed by atoms with E-state index in [-0.39, 0.29) is 10.8 Å². The van der Waals surface area contributed by atoms with E-state index < -0.39 is 0 Å². The average molecular weight is 796 g/mol. The maximum Gasteiger partial charge on any atom is 0.136 e. The lowest BCUT2D eigenvalue weighted by molar-refractivity contribution is 0.660. The third-order valence-corrected chi connectivity index (χ3v) is 13.9. The molecule has 0 fully saturated rings. The number of para-hydroxylation sites is 1. The molecule has 9 aromatic carbocycles. The molecular formula is C60H45NO. The molecule has 296 valence electrons. The SMILES string of the molecule is CC1(C)c2ccccc2-c2ccc(N(c3ccc4c(c3)C(C)(C)c3cccc(-c5ccccc5)c3-4)c3cc(-c4ccccc4)ccc3-c3cccc4oc5ccccc5c34)cc21. The van der Waals surface area contributed by atoms with Crippen molar-refractivity contribution in [2.45, 2.75) is 38.5 Å². The predicted octanol–water partition coefficient (Wildman–Crippen LogP) is 16.7. The van der Waals surface area contributed by atoms with Gasteiger partial charge >= 0.3 is 0 Å². The first-order valence-corrected chi connectivity index (χ1v) is 21.8. The number of benzene rings is 9. The zero-order chi connectivity index (χ0) is 41.7. The molecule has 0 unspecified atom stereocenters. The van der Waals surface area contributed by atoms with Crippen LogP contribution in [0, 0.1) is 0 Å². The smallest absolute Gasteiger partial charge is 0.136 e. The van der Waals surface area contributed by atoms with Gasteiger partial charge in [0.1, 0.15) is 11.2 Å². The van der Waals surface area contributed by atoms with Crippen LogP contribution in [0.1, 0.15) is 49.9 Å². The minimum absolute atomic E-state index is 0.168. The number of furan rings is 1. The van der Waals surface area contributed by atoms with Gasteiger partial charge in [0.25, 0.3) is 0 Å². The lowest BCUT2D eigenvalue weighted by atomic mass is 9.81. The minimum atomic E-state index is -0.227. The Morgan fingerprint density at radius 1 is 0.355 bits per heavy atom. The summed E-state index contributed by atoms with van der Waals surface area (Å²) < 4.78 is 6.51. The predicted molar refractivity (Wildman–Crippen MR) is 260 cm³/mol. The van der Waals surface area contributed by atoms with Crippen molar-refractivity contribution in [3.05, 3.63) is 222 Å². The number of hydrogen-bond donors (Lipinski definition) is 0. The molecule has 0 bridgehead atoms. The van der Waals surface area contributed by atoms with E-state index >= 15 is 0 Å². The molecule has 0 N–H and O–H groups in total. The van der Waals surface area contributed by atoms with E-state index in [4.69, 9.17) is 4.42 Å². The van der Waals surface area contributed by atoms with E-state index in [1.807, 2.05) is 0 Å². The van der Waals surface area contributed by atoms with Crippen molar-refractivity contribution in [3.8, 4) is 55.6 Å². The zero-order valence-corrected chi connectivity index (χ0v) is 35.4. The Labute approximate surface area is 363 Å². The van der Waals surface area contributed by atoms with Gasteiger partial charge in [-0.3, -0.25) is 0 Å². The monoisotopic (exact) mass is 795 g/mol. The number of nitrogens with zero attached hydrogens (tertiary/aromatic N) is 1. The molecule has 10 aromatic rings. The van der Waals surface area contributed by atoms with Gasteiger partial charge in [0.15, 0.2) is 0 Å². The van der Waals surface area contributed by atoms with Crippen molar-refractivity contribution in [3.63, 3.8) is 0 Å². The van der Waals surface area contributed by atoms with Gasteiger partial charge < -0.3 is 9.32 Å². The molecule has 0 amide bonds. The second kappa shape index (κ2) is 13.5. The molecule has 2 heteroatoms. The van der Waals surface area contributed by atoms with Gasteiger partial charge in [-0.2, -0.15) is 0 Å². The quantitative estimate of drug-likeness (QED) is 0.167. The van der Waals surface area contributed by atoms with Crippen molar-refractivity contribution in [2.75, 3.05) is 4.90 Å². The highest BCUT2D eigenvalue weighted by Crippen LogP contribution is 2.56. The Kier molecular flexibility index (Phi) is 7.96. The molecule has 1 heterocycles. The van der Waals surface area contributed by atoms with Crippen LogP contribution >= 0.6 is 0 Å². The van der Waals surface area contributed by atoms with Crippen molar-refractivity contribution in [1.29, 1.82) is 0 Å². The summed E-state index contributed by atoms with van der Waals surface area (Å²) >= 11 is 0. The van der Waals surface area contributed by atoms with E-state index in [2.05, 4.69) is 233 Å². The van der Waals surface area contributed by atoms with Crippen LogP contribution in [0.4, 0.5) is 17.1 Å². The van der Waals surface area contributed by atoms with Crippen molar-refractivity contribution in [1.82, 2.24) is 0 Å². The Hall–Kier alpha value is -7.42. The first-order chi connectivity index (χ1) is 30.3. The number of rotatable bonds is 6. The van der Waals surface area contributed by atoms with Gasteiger partial charge in [-0.1, -0.05) is 185 Å². The van der Waals surface area contributed by atoms with E-state index in [1.165, 1.54) is 61.2 Å². The van der Waals surface area contributed by atoms with Crippen molar-refractivity contribution >= 4 is 39.0 Å². The highest BCUT2D eigenvalue weighted by atomic mass is 16.3. The maximum atomic E-state index is 6.51. The summed E-state index contributed by atoms with van der Waals surface area (Å²) in [7, 11) is 0. The number of hydrogen-bond acceptors (Lipinski definition) is 2. The number of anilines is 3. The van der Waals surface area contributed by atoms with Gasteiger partial charge in [-0.15, -0.1) is 0 Å². The molecule has 2 aliphatic rings. The summed E-state index contributed by atoms with van der Waals surface area (Å²) in [5.74, 6) is 0. The maximum absolute atomic E-state index is 6.51. The van der Waals surface area contributed by atoms with Crippen molar-refractivity contribution in [2.24, 2.45) is 0 Å². The van der Waals surface area contributed by atoms with Gasteiger partial charge in [0.05, 0.1) is 5.69 Å². The molecule has 0 aliphatic heterocycles. The molecule has 0 spiro atoms. The summed E-state index contributed by atoms with van der Waals surface area (Å²) in [5, 5.41) is 2.24. The minimum Gasteiger partial charge on any atom is -0.456 e. The van der Waals surface area contributed by atoms with Gasteiger partial charge in [-0.25, -0.2) is 0 Å². The standard InChI is InChI=1S/C60H45NO/c1-59(2)50-25-13-11-21-44(50)45-33-30-41(36-52(45)59)61(42-31-34-48-53(37-42)60(3,4)51-26-15-23-43(57(48)51)39-19-9-6-10-20-39)54-35-40(38-17-7-5-8-18-38)29-32-46(54)47-24-16-28-56-58(47)49-22-12-14-27-55(49)62-56/h5-37H,1-4H3. The summed E-state index contributed by atoms with van der Waals surface area (Å²) in [6.45, 7) is 9.53. The third kappa shape index (κ3) is 5.36. The first kappa shape index (κ1) is 36.4. The lowest BCUT2D eigenvalue weighted by Gasteiger charge is -2.31. The molecule has 12 rings (SSSR count). The number of fused-ring (bicyclic) bond motifs is 9. The second-order valence-electron chi connectivity index (χ2n) is 18.1. The van der Waals surface area contributed by atoms with Crippen LogP contribution < -0.4 is 4.90 Å². The molecule has 2 nitrogen and oxygen atoms in total. The van der Waals surface area contributed by atoms with Crippen LogP contribution in [0.2, 0.25) is 0 Å². The van der Waals surface area contributed by atoms with E-state index in [0.717, 1.165) is 55.7 Å². The zero-order valence-electron chi connectivity index (χ0n) is 35.4. The molecule has 0 radical (unpaired) electrons. The van der Waals surface area contributed by atoms with Gasteiger partial charge in [0, 0.05) is 38.5 Å². The second-order valence-corrected chi connectivity index (χ2v) is 18.1. The summed E-state index contributed by atoms with van der Waals surface area (Å²) in [6.07, 6.45) is 0. The van der Waals surface area contributed by atoms with Gasteiger partial charge in [0.2, 0.25) is 0 Å². The van der Waals surface area contributed by atoms with E-state index in [0.29, 0.717) is 0 Å². The largest absolute Gasteiger partial charge is 0.456 e. The molecule has 0 saturated carbocycles. The van der Waals surface area contributed by atoms with Crippen LogP contribution in [-0.2, 0) is 10.8 Å². The molecule has 0 atom stereocenters.